The predicted octanol–water partition coefficient (Wildman–Crippen LogP) is 5.02. The first-order valence-electron chi connectivity index (χ1n) is 9.13. The zero-order valence-electron chi connectivity index (χ0n) is 15.5. The normalized spacial score (nSPS) is 17.1. The molecule has 0 amide bonds. The van der Waals surface area contributed by atoms with Crippen molar-refractivity contribution in [3.05, 3.63) is 58.1 Å². The van der Waals surface area contributed by atoms with Crippen molar-refractivity contribution in [2.75, 3.05) is 31.1 Å². The van der Waals surface area contributed by atoms with Crippen LogP contribution < -0.4 is 4.90 Å². The van der Waals surface area contributed by atoms with Crippen molar-refractivity contribution in [3.8, 4) is 0 Å². The van der Waals surface area contributed by atoms with Crippen molar-refractivity contribution in [2.24, 2.45) is 0 Å². The Balaban J connectivity index is 1.70. The molecule has 4 nitrogen and oxygen atoms in total. The smallest absolute Gasteiger partial charge is 0.243 e. The van der Waals surface area contributed by atoms with Crippen LogP contribution in [0, 0.1) is 0 Å². The second kappa shape index (κ2) is 8.39. The predicted molar refractivity (Wildman–Crippen MR) is 113 cm³/mol. The number of hydrogen-bond acceptors (Lipinski definition) is 3. The van der Waals surface area contributed by atoms with E-state index >= 15 is 0 Å². The molecule has 0 unspecified atom stereocenters. The standard InChI is InChI=1S/C20H24Cl2N2O2S/c1-3-15(2)16-4-7-18(8-5-16)27(25,26)24-12-10-23(11-13-24)17-6-9-19(21)20(22)14-17/h4-9,14-15H,3,10-13H2,1-2H3/t15-/m0/s1. The summed E-state index contributed by atoms with van der Waals surface area (Å²) in [6.07, 6.45) is 1.03. The molecule has 1 saturated heterocycles. The summed E-state index contributed by atoms with van der Waals surface area (Å²) in [5.74, 6) is 0.427. The van der Waals surface area contributed by atoms with Gasteiger partial charge in [-0.15, -0.1) is 0 Å². The van der Waals surface area contributed by atoms with Gasteiger partial charge in [-0.3, -0.25) is 0 Å². The lowest BCUT2D eigenvalue weighted by Crippen LogP contribution is -2.48. The molecule has 0 aromatic heterocycles. The van der Waals surface area contributed by atoms with E-state index in [2.05, 4.69) is 18.7 Å². The first-order valence-corrected chi connectivity index (χ1v) is 11.3. The fourth-order valence-corrected chi connectivity index (χ4v) is 4.94. The molecule has 27 heavy (non-hydrogen) atoms. The lowest BCUT2D eigenvalue weighted by Gasteiger charge is -2.35. The maximum atomic E-state index is 12.9. The number of rotatable bonds is 5. The molecule has 0 radical (unpaired) electrons. The highest BCUT2D eigenvalue weighted by Crippen LogP contribution is 2.29. The van der Waals surface area contributed by atoms with Crippen LogP contribution in [0.5, 0.6) is 0 Å². The van der Waals surface area contributed by atoms with E-state index in [0.29, 0.717) is 47.0 Å². The molecule has 3 rings (SSSR count). The lowest BCUT2D eigenvalue weighted by molar-refractivity contribution is 0.385. The third-order valence-electron chi connectivity index (χ3n) is 5.21. The van der Waals surface area contributed by atoms with E-state index in [1.165, 1.54) is 5.56 Å². The van der Waals surface area contributed by atoms with E-state index in [1.807, 2.05) is 24.3 Å². The largest absolute Gasteiger partial charge is 0.369 e. The second-order valence-electron chi connectivity index (χ2n) is 6.87. The summed E-state index contributed by atoms with van der Waals surface area (Å²) in [6.45, 7) is 6.38. The maximum Gasteiger partial charge on any atom is 0.243 e. The number of sulfonamides is 1. The highest BCUT2D eigenvalue weighted by molar-refractivity contribution is 7.89. The lowest BCUT2D eigenvalue weighted by atomic mass is 9.99. The van der Waals surface area contributed by atoms with Crippen LogP contribution in [0.3, 0.4) is 0 Å². The van der Waals surface area contributed by atoms with Gasteiger partial charge in [-0.25, -0.2) is 8.42 Å². The van der Waals surface area contributed by atoms with Crippen molar-refractivity contribution in [3.63, 3.8) is 0 Å². The van der Waals surface area contributed by atoms with Gasteiger partial charge in [0.05, 0.1) is 14.9 Å². The van der Waals surface area contributed by atoms with Gasteiger partial charge in [0.2, 0.25) is 10.0 Å². The van der Waals surface area contributed by atoms with Crippen LogP contribution in [0.15, 0.2) is 47.4 Å². The molecule has 0 N–H and O–H groups in total. The van der Waals surface area contributed by atoms with Crippen molar-refractivity contribution in [1.82, 2.24) is 4.31 Å². The van der Waals surface area contributed by atoms with E-state index in [1.54, 1.807) is 22.5 Å². The second-order valence-corrected chi connectivity index (χ2v) is 9.62. The Labute approximate surface area is 171 Å². The van der Waals surface area contributed by atoms with Crippen LogP contribution in [0.4, 0.5) is 5.69 Å². The number of nitrogens with zero attached hydrogens (tertiary/aromatic N) is 2. The molecule has 0 spiro atoms. The van der Waals surface area contributed by atoms with Gasteiger partial charge < -0.3 is 4.90 Å². The Bertz CT molecular complexity index is 893. The molecule has 1 aliphatic rings. The van der Waals surface area contributed by atoms with Gasteiger partial charge >= 0.3 is 0 Å². The third-order valence-corrected chi connectivity index (χ3v) is 7.86. The van der Waals surface area contributed by atoms with Crippen LogP contribution in [0.1, 0.15) is 31.7 Å². The zero-order valence-corrected chi connectivity index (χ0v) is 17.9. The zero-order chi connectivity index (χ0) is 19.6. The van der Waals surface area contributed by atoms with E-state index in [-0.39, 0.29) is 0 Å². The molecule has 7 heteroatoms. The number of anilines is 1. The summed E-state index contributed by atoms with van der Waals surface area (Å²) in [6, 6.07) is 12.8. The summed E-state index contributed by atoms with van der Waals surface area (Å²) < 4.78 is 27.5. The van der Waals surface area contributed by atoms with Crippen molar-refractivity contribution in [2.45, 2.75) is 31.1 Å². The molecule has 1 fully saturated rings. The Morgan fingerprint density at radius 1 is 0.963 bits per heavy atom. The molecule has 1 atom stereocenters. The molecule has 2 aromatic rings. The van der Waals surface area contributed by atoms with Gasteiger partial charge in [-0.1, -0.05) is 49.2 Å². The Kier molecular flexibility index (Phi) is 6.36. The molecule has 0 saturated carbocycles. The van der Waals surface area contributed by atoms with Crippen molar-refractivity contribution in [1.29, 1.82) is 0 Å². The van der Waals surface area contributed by atoms with Crippen LogP contribution in [0.25, 0.3) is 0 Å². The minimum Gasteiger partial charge on any atom is -0.369 e. The third kappa shape index (κ3) is 4.43. The van der Waals surface area contributed by atoms with Gasteiger partial charge in [0.1, 0.15) is 0 Å². The average Bonchev–Trinajstić information content (AvgIpc) is 2.69. The van der Waals surface area contributed by atoms with Crippen LogP contribution in [0.2, 0.25) is 10.0 Å². The van der Waals surface area contributed by atoms with E-state index in [0.717, 1.165) is 12.1 Å². The minimum atomic E-state index is -3.47. The molecule has 146 valence electrons. The fourth-order valence-electron chi connectivity index (χ4n) is 3.22. The minimum absolute atomic E-state index is 0.359. The van der Waals surface area contributed by atoms with Gasteiger partial charge in [0.15, 0.2) is 0 Å². The topological polar surface area (TPSA) is 40.6 Å². The summed E-state index contributed by atoms with van der Waals surface area (Å²) in [4.78, 5) is 2.48. The first-order chi connectivity index (χ1) is 12.8. The Morgan fingerprint density at radius 2 is 1.59 bits per heavy atom. The number of benzene rings is 2. The molecule has 2 aromatic carbocycles. The first kappa shape index (κ1) is 20.5. The summed E-state index contributed by atoms with van der Waals surface area (Å²) in [5.41, 5.74) is 2.13. The molecular weight excluding hydrogens is 403 g/mol. The van der Waals surface area contributed by atoms with E-state index < -0.39 is 10.0 Å². The van der Waals surface area contributed by atoms with Crippen LogP contribution in [-0.4, -0.2) is 38.9 Å². The molecule has 1 aliphatic heterocycles. The molecule has 0 bridgehead atoms. The summed E-state index contributed by atoms with van der Waals surface area (Å²) >= 11 is 12.1. The number of hydrogen-bond donors (Lipinski definition) is 0. The van der Waals surface area contributed by atoms with Crippen molar-refractivity contribution >= 4 is 38.9 Å². The summed E-state index contributed by atoms with van der Waals surface area (Å²) in [5, 5.41) is 1.02. The van der Waals surface area contributed by atoms with Gasteiger partial charge in [0.25, 0.3) is 0 Å². The van der Waals surface area contributed by atoms with Gasteiger partial charge in [0, 0.05) is 31.9 Å². The molecular formula is C20H24Cl2N2O2S. The summed E-state index contributed by atoms with van der Waals surface area (Å²) in [7, 11) is -3.47. The van der Waals surface area contributed by atoms with Crippen molar-refractivity contribution < 1.29 is 8.42 Å². The molecule has 0 aliphatic carbocycles. The Hall–Kier alpha value is -1.27. The van der Waals surface area contributed by atoms with Gasteiger partial charge in [-0.05, 0) is 48.2 Å². The van der Waals surface area contributed by atoms with Gasteiger partial charge in [-0.2, -0.15) is 4.31 Å². The average molecular weight is 427 g/mol. The highest BCUT2D eigenvalue weighted by atomic mass is 35.5. The SMILES string of the molecule is CC[C@H](C)c1ccc(S(=O)(=O)N2CCN(c3ccc(Cl)c(Cl)c3)CC2)cc1. The monoisotopic (exact) mass is 426 g/mol. The molecule has 1 heterocycles. The van der Waals surface area contributed by atoms with Crippen LogP contribution in [-0.2, 0) is 10.0 Å². The van der Waals surface area contributed by atoms with E-state index in [4.69, 9.17) is 23.2 Å². The maximum absolute atomic E-state index is 12.9. The Morgan fingerprint density at radius 3 is 2.15 bits per heavy atom. The van der Waals surface area contributed by atoms with Crippen LogP contribution >= 0.6 is 23.2 Å². The highest BCUT2D eigenvalue weighted by Gasteiger charge is 2.28. The quantitative estimate of drug-likeness (QED) is 0.673. The number of halogens is 2. The van der Waals surface area contributed by atoms with E-state index in [9.17, 15) is 8.42 Å². The number of piperazine rings is 1. The fraction of sp³-hybridized carbons (Fsp3) is 0.400.